The van der Waals surface area contributed by atoms with E-state index in [2.05, 4.69) is 80.6 Å². The van der Waals surface area contributed by atoms with Gasteiger partial charge in [0.1, 0.15) is 0 Å². The maximum Gasteiger partial charge on any atom is 0.0678 e. The van der Waals surface area contributed by atoms with Crippen molar-refractivity contribution in [2.75, 3.05) is 0 Å². The average Bonchev–Trinajstić information content (AvgIpc) is 2.72. The summed E-state index contributed by atoms with van der Waals surface area (Å²) in [5, 5.41) is 5.38. The molecule has 0 unspecified atom stereocenters. The first-order chi connectivity index (χ1) is 8.54. The van der Waals surface area contributed by atoms with Gasteiger partial charge in [-0.3, -0.25) is 0 Å². The van der Waals surface area contributed by atoms with Crippen LogP contribution in [0.3, 0.4) is 0 Å². The Morgan fingerprint density at radius 3 is 2.61 bits per heavy atom. The fourth-order valence-electron chi connectivity index (χ4n) is 2.16. The molecule has 4 heteroatoms. The maximum absolute atomic E-state index is 4.54. The van der Waals surface area contributed by atoms with E-state index in [0.29, 0.717) is 5.92 Å². The predicted octanol–water partition coefficient (Wildman–Crippen LogP) is 4.96. The molecule has 0 aliphatic heterocycles. The van der Waals surface area contributed by atoms with Crippen LogP contribution in [0.25, 0.3) is 5.69 Å². The number of hydrogen-bond donors (Lipinski definition) is 0. The standard InChI is InChI=1S/C14H16Br2N2/c1-9(2)14-11(7-15)8-17-18(14)13-5-4-12(16)6-10(13)3/h4-6,8-9H,7H2,1-3H3. The molecule has 0 fully saturated rings. The van der Waals surface area contributed by atoms with Crippen molar-refractivity contribution in [3.63, 3.8) is 0 Å². The van der Waals surface area contributed by atoms with E-state index in [1.54, 1.807) is 0 Å². The summed E-state index contributed by atoms with van der Waals surface area (Å²) in [6, 6.07) is 6.28. The molecule has 0 aliphatic rings. The van der Waals surface area contributed by atoms with Crippen molar-refractivity contribution in [3.8, 4) is 5.69 Å². The number of nitrogens with zero attached hydrogens (tertiary/aromatic N) is 2. The fourth-order valence-corrected chi connectivity index (χ4v) is 3.07. The van der Waals surface area contributed by atoms with E-state index < -0.39 is 0 Å². The van der Waals surface area contributed by atoms with Crippen molar-refractivity contribution >= 4 is 31.9 Å². The molecule has 0 aliphatic carbocycles. The van der Waals surface area contributed by atoms with Crippen LogP contribution < -0.4 is 0 Å². The van der Waals surface area contributed by atoms with Crippen molar-refractivity contribution < 1.29 is 0 Å². The van der Waals surface area contributed by atoms with Crippen LogP contribution in [0.2, 0.25) is 0 Å². The van der Waals surface area contributed by atoms with Gasteiger partial charge in [0, 0.05) is 15.4 Å². The molecule has 18 heavy (non-hydrogen) atoms. The number of halogens is 2. The molecule has 0 spiro atoms. The second kappa shape index (κ2) is 5.57. The monoisotopic (exact) mass is 370 g/mol. The lowest BCUT2D eigenvalue weighted by Crippen LogP contribution is -2.06. The lowest BCUT2D eigenvalue weighted by atomic mass is 10.1. The first-order valence-electron chi connectivity index (χ1n) is 5.94. The molecule has 2 rings (SSSR count). The number of benzene rings is 1. The fraction of sp³-hybridized carbons (Fsp3) is 0.357. The van der Waals surface area contributed by atoms with Gasteiger partial charge in [-0.2, -0.15) is 5.10 Å². The first kappa shape index (κ1) is 13.8. The third kappa shape index (κ3) is 2.54. The van der Waals surface area contributed by atoms with Gasteiger partial charge in [0.05, 0.1) is 17.6 Å². The summed E-state index contributed by atoms with van der Waals surface area (Å²) in [7, 11) is 0. The van der Waals surface area contributed by atoms with E-state index >= 15 is 0 Å². The highest BCUT2D eigenvalue weighted by atomic mass is 79.9. The number of rotatable bonds is 3. The van der Waals surface area contributed by atoms with E-state index in [1.165, 1.54) is 16.8 Å². The van der Waals surface area contributed by atoms with E-state index in [9.17, 15) is 0 Å². The Morgan fingerprint density at radius 1 is 1.33 bits per heavy atom. The highest BCUT2D eigenvalue weighted by Crippen LogP contribution is 2.27. The van der Waals surface area contributed by atoms with Gasteiger partial charge in [0.15, 0.2) is 0 Å². The molecule has 2 nitrogen and oxygen atoms in total. The molecule has 0 atom stereocenters. The molecule has 1 heterocycles. The Morgan fingerprint density at radius 2 is 2.06 bits per heavy atom. The molecule has 0 saturated heterocycles. The quantitative estimate of drug-likeness (QED) is 0.697. The molecule has 0 bridgehead atoms. The zero-order valence-electron chi connectivity index (χ0n) is 10.7. The van der Waals surface area contributed by atoms with Crippen molar-refractivity contribution in [2.24, 2.45) is 0 Å². The summed E-state index contributed by atoms with van der Waals surface area (Å²) in [6.07, 6.45) is 1.95. The molecular formula is C14H16Br2N2. The van der Waals surface area contributed by atoms with Crippen LogP contribution in [0.1, 0.15) is 36.6 Å². The van der Waals surface area contributed by atoms with Crippen LogP contribution >= 0.6 is 31.9 Å². The van der Waals surface area contributed by atoms with Crippen LogP contribution in [0.4, 0.5) is 0 Å². The smallest absolute Gasteiger partial charge is 0.0678 e. The zero-order chi connectivity index (χ0) is 13.3. The molecular weight excluding hydrogens is 356 g/mol. The third-order valence-electron chi connectivity index (χ3n) is 2.96. The molecule has 0 radical (unpaired) electrons. The molecule has 0 saturated carbocycles. The summed E-state index contributed by atoms with van der Waals surface area (Å²) in [4.78, 5) is 0. The van der Waals surface area contributed by atoms with Gasteiger partial charge in [0.25, 0.3) is 0 Å². The van der Waals surface area contributed by atoms with Gasteiger partial charge in [-0.05, 0) is 36.6 Å². The Kier molecular flexibility index (Phi) is 4.28. The Balaban J connectivity index is 2.60. The molecule has 2 aromatic rings. The maximum atomic E-state index is 4.54. The molecule has 1 aromatic carbocycles. The van der Waals surface area contributed by atoms with E-state index in [-0.39, 0.29) is 0 Å². The molecule has 0 N–H and O–H groups in total. The third-order valence-corrected chi connectivity index (χ3v) is 4.06. The Labute approximate surface area is 125 Å². The predicted molar refractivity (Wildman–Crippen MR) is 82.7 cm³/mol. The summed E-state index contributed by atoms with van der Waals surface area (Å²) in [5.74, 6) is 0.447. The van der Waals surface area contributed by atoms with E-state index in [1.807, 2.05) is 6.20 Å². The highest BCUT2D eigenvalue weighted by Gasteiger charge is 2.15. The minimum atomic E-state index is 0.447. The van der Waals surface area contributed by atoms with Crippen molar-refractivity contribution in [3.05, 3.63) is 45.7 Å². The minimum absolute atomic E-state index is 0.447. The zero-order valence-corrected chi connectivity index (χ0v) is 13.9. The van der Waals surface area contributed by atoms with E-state index in [4.69, 9.17) is 0 Å². The summed E-state index contributed by atoms with van der Waals surface area (Å²) >= 11 is 7.03. The highest BCUT2D eigenvalue weighted by molar-refractivity contribution is 9.10. The second-order valence-corrected chi connectivity index (χ2v) is 6.16. The number of aryl methyl sites for hydroxylation is 1. The first-order valence-corrected chi connectivity index (χ1v) is 7.85. The van der Waals surface area contributed by atoms with Crippen LogP contribution in [0.5, 0.6) is 0 Å². The topological polar surface area (TPSA) is 17.8 Å². The van der Waals surface area contributed by atoms with Crippen LogP contribution in [-0.2, 0) is 5.33 Å². The summed E-state index contributed by atoms with van der Waals surface area (Å²) in [5.41, 5.74) is 4.90. The van der Waals surface area contributed by atoms with Gasteiger partial charge in [-0.1, -0.05) is 45.7 Å². The Hall–Kier alpha value is -0.610. The minimum Gasteiger partial charge on any atom is -0.237 e. The Bertz CT molecular complexity index is 559. The number of aromatic nitrogens is 2. The largest absolute Gasteiger partial charge is 0.237 e. The second-order valence-electron chi connectivity index (χ2n) is 4.69. The number of hydrogen-bond acceptors (Lipinski definition) is 1. The molecule has 96 valence electrons. The van der Waals surface area contributed by atoms with Crippen molar-refractivity contribution in [1.29, 1.82) is 0 Å². The molecule has 1 aromatic heterocycles. The van der Waals surface area contributed by atoms with Crippen LogP contribution in [-0.4, -0.2) is 9.78 Å². The van der Waals surface area contributed by atoms with Gasteiger partial charge in [-0.25, -0.2) is 4.68 Å². The lowest BCUT2D eigenvalue weighted by Gasteiger charge is -2.14. The van der Waals surface area contributed by atoms with Gasteiger partial charge in [0.2, 0.25) is 0 Å². The van der Waals surface area contributed by atoms with Crippen LogP contribution in [0, 0.1) is 6.92 Å². The van der Waals surface area contributed by atoms with Gasteiger partial charge in [-0.15, -0.1) is 0 Å². The molecule has 0 amide bonds. The SMILES string of the molecule is Cc1cc(Br)ccc1-n1ncc(CBr)c1C(C)C. The van der Waals surface area contributed by atoms with Crippen molar-refractivity contribution in [2.45, 2.75) is 32.0 Å². The van der Waals surface area contributed by atoms with Gasteiger partial charge < -0.3 is 0 Å². The number of alkyl halides is 1. The van der Waals surface area contributed by atoms with Crippen LogP contribution in [0.15, 0.2) is 28.9 Å². The lowest BCUT2D eigenvalue weighted by molar-refractivity contribution is 0.727. The normalized spacial score (nSPS) is 11.2. The summed E-state index contributed by atoms with van der Waals surface area (Å²) in [6.45, 7) is 6.52. The van der Waals surface area contributed by atoms with Gasteiger partial charge >= 0.3 is 0 Å². The van der Waals surface area contributed by atoms with Crippen molar-refractivity contribution in [1.82, 2.24) is 9.78 Å². The average molecular weight is 372 g/mol. The summed E-state index contributed by atoms with van der Waals surface area (Å²) < 4.78 is 3.16. The van der Waals surface area contributed by atoms with E-state index in [0.717, 1.165) is 15.5 Å².